The summed E-state index contributed by atoms with van der Waals surface area (Å²) in [6, 6.07) is 6.07. The summed E-state index contributed by atoms with van der Waals surface area (Å²) in [6.45, 7) is 0. The molecule has 7 heteroatoms. The van der Waals surface area contributed by atoms with E-state index < -0.39 is 5.91 Å². The Morgan fingerprint density at radius 1 is 1.42 bits per heavy atom. The molecule has 1 heterocycles. The van der Waals surface area contributed by atoms with E-state index in [-0.39, 0.29) is 17.1 Å². The van der Waals surface area contributed by atoms with Gasteiger partial charge >= 0.3 is 0 Å². The van der Waals surface area contributed by atoms with E-state index in [1.54, 1.807) is 12.1 Å². The summed E-state index contributed by atoms with van der Waals surface area (Å²) in [5, 5.41) is 2.91. The minimum absolute atomic E-state index is 0.170. The summed E-state index contributed by atoms with van der Waals surface area (Å²) in [4.78, 5) is 15.2. The van der Waals surface area contributed by atoms with Gasteiger partial charge in [0.25, 0.3) is 5.91 Å². The van der Waals surface area contributed by atoms with Crippen LogP contribution in [0, 0.1) is 9.39 Å². The second kappa shape index (κ2) is 5.39. The van der Waals surface area contributed by atoms with Gasteiger partial charge in [0.05, 0.1) is 26.7 Å². The molecule has 1 aromatic heterocycles. The molecule has 2 aromatic rings. The Bertz CT molecular complexity index is 648. The van der Waals surface area contributed by atoms with Crippen LogP contribution in [0.25, 0.3) is 0 Å². The highest BCUT2D eigenvalue weighted by Crippen LogP contribution is 2.25. The van der Waals surface area contributed by atoms with E-state index in [0.29, 0.717) is 15.1 Å². The predicted octanol–water partition coefficient (Wildman–Crippen LogP) is 2.25. The van der Waals surface area contributed by atoms with Crippen molar-refractivity contribution >= 4 is 45.7 Å². The second-order valence-corrected chi connectivity index (χ2v) is 4.83. The van der Waals surface area contributed by atoms with Crippen molar-refractivity contribution in [3.63, 3.8) is 0 Å². The highest BCUT2D eigenvalue weighted by Gasteiger charge is 2.10. The van der Waals surface area contributed by atoms with Gasteiger partial charge in [-0.25, -0.2) is 9.37 Å². The molecule has 98 valence electrons. The third-order valence-corrected chi connectivity index (χ3v) is 3.51. The first-order valence-electron chi connectivity index (χ1n) is 5.25. The lowest BCUT2D eigenvalue weighted by molar-refractivity contribution is 0.100. The van der Waals surface area contributed by atoms with Gasteiger partial charge in [-0.05, 0) is 40.8 Å². The third kappa shape index (κ3) is 2.92. The lowest BCUT2D eigenvalue weighted by Crippen LogP contribution is -2.14. The summed E-state index contributed by atoms with van der Waals surface area (Å²) in [7, 11) is 0. The van der Waals surface area contributed by atoms with Gasteiger partial charge in [-0.2, -0.15) is 0 Å². The van der Waals surface area contributed by atoms with Crippen molar-refractivity contribution < 1.29 is 9.18 Å². The number of amides is 1. The molecule has 0 atom stereocenters. The van der Waals surface area contributed by atoms with Crippen LogP contribution in [0.4, 0.5) is 21.6 Å². The van der Waals surface area contributed by atoms with Crippen molar-refractivity contribution in [3.05, 3.63) is 45.4 Å². The highest BCUT2D eigenvalue weighted by molar-refractivity contribution is 14.1. The van der Waals surface area contributed by atoms with E-state index in [2.05, 4.69) is 10.3 Å². The number of rotatable bonds is 3. The highest BCUT2D eigenvalue weighted by atomic mass is 127. The number of carbonyl (C=O) groups is 1. The van der Waals surface area contributed by atoms with E-state index in [0.717, 1.165) is 0 Å². The molecular formula is C12H10FIN4O. The van der Waals surface area contributed by atoms with Crippen molar-refractivity contribution in [2.24, 2.45) is 5.73 Å². The Morgan fingerprint density at radius 3 is 2.84 bits per heavy atom. The van der Waals surface area contributed by atoms with E-state index in [4.69, 9.17) is 11.5 Å². The Morgan fingerprint density at radius 2 is 2.16 bits per heavy atom. The Hall–Kier alpha value is -1.90. The van der Waals surface area contributed by atoms with Crippen LogP contribution in [-0.2, 0) is 0 Å². The van der Waals surface area contributed by atoms with Gasteiger partial charge in [0, 0.05) is 0 Å². The number of carbonyl (C=O) groups excluding carboxylic acids is 1. The lowest BCUT2D eigenvalue weighted by atomic mass is 10.2. The normalized spacial score (nSPS) is 10.2. The summed E-state index contributed by atoms with van der Waals surface area (Å²) in [5.74, 6) is -0.612. The van der Waals surface area contributed by atoms with Crippen LogP contribution in [0.15, 0.2) is 30.5 Å². The van der Waals surface area contributed by atoms with E-state index in [1.165, 1.54) is 18.3 Å². The van der Waals surface area contributed by atoms with E-state index in [1.807, 2.05) is 22.6 Å². The summed E-state index contributed by atoms with van der Waals surface area (Å²) in [6.07, 6.45) is 1.33. The molecule has 0 unspecified atom stereocenters. The second-order valence-electron chi connectivity index (χ2n) is 3.75. The zero-order chi connectivity index (χ0) is 14.0. The molecule has 0 aliphatic carbocycles. The van der Waals surface area contributed by atoms with Crippen molar-refractivity contribution in [2.45, 2.75) is 0 Å². The molecule has 1 aromatic carbocycles. The monoisotopic (exact) mass is 372 g/mol. The van der Waals surface area contributed by atoms with E-state index >= 15 is 0 Å². The zero-order valence-corrected chi connectivity index (χ0v) is 11.8. The number of primary amides is 1. The van der Waals surface area contributed by atoms with Gasteiger partial charge in [0.1, 0.15) is 11.6 Å². The van der Waals surface area contributed by atoms with Gasteiger partial charge in [-0.1, -0.05) is 6.07 Å². The molecule has 0 radical (unpaired) electrons. The Kier molecular flexibility index (Phi) is 3.84. The number of benzene rings is 1. The summed E-state index contributed by atoms with van der Waals surface area (Å²) in [5.41, 5.74) is 11.7. The smallest absolute Gasteiger partial charge is 0.250 e. The molecule has 0 saturated heterocycles. The largest absolute Gasteiger partial charge is 0.397 e. The van der Waals surface area contributed by atoms with Crippen LogP contribution < -0.4 is 16.8 Å². The SMILES string of the molecule is NC(=O)c1cc(Nc2cccc(F)c2I)ncc1N. The van der Waals surface area contributed by atoms with Gasteiger partial charge in [0.15, 0.2) is 0 Å². The first kappa shape index (κ1) is 13.5. The predicted molar refractivity (Wildman–Crippen MR) is 79.6 cm³/mol. The number of anilines is 3. The molecular weight excluding hydrogens is 362 g/mol. The topological polar surface area (TPSA) is 94.0 Å². The number of nitrogens with two attached hydrogens (primary N) is 2. The molecule has 0 aliphatic rings. The molecule has 0 bridgehead atoms. The molecule has 0 saturated carbocycles. The van der Waals surface area contributed by atoms with Crippen molar-refractivity contribution in [2.75, 3.05) is 11.1 Å². The number of nitrogens with one attached hydrogen (secondary N) is 1. The van der Waals surface area contributed by atoms with Crippen LogP contribution in [0.3, 0.4) is 0 Å². The molecule has 2 rings (SSSR count). The maximum atomic E-state index is 13.4. The zero-order valence-electron chi connectivity index (χ0n) is 9.65. The number of pyridine rings is 1. The maximum absolute atomic E-state index is 13.4. The average molecular weight is 372 g/mol. The summed E-state index contributed by atoms with van der Waals surface area (Å²) >= 11 is 1.88. The van der Waals surface area contributed by atoms with Crippen LogP contribution in [0.2, 0.25) is 0 Å². The molecule has 0 fully saturated rings. The minimum atomic E-state index is -0.642. The first-order valence-corrected chi connectivity index (χ1v) is 6.33. The third-order valence-electron chi connectivity index (χ3n) is 2.41. The number of hydrogen-bond acceptors (Lipinski definition) is 4. The fourth-order valence-electron chi connectivity index (χ4n) is 1.49. The van der Waals surface area contributed by atoms with Crippen LogP contribution >= 0.6 is 22.6 Å². The fourth-order valence-corrected chi connectivity index (χ4v) is 1.98. The molecule has 5 nitrogen and oxygen atoms in total. The van der Waals surface area contributed by atoms with Crippen molar-refractivity contribution in [1.29, 1.82) is 0 Å². The average Bonchev–Trinajstić information content (AvgIpc) is 2.37. The fraction of sp³-hybridized carbons (Fsp3) is 0. The Balaban J connectivity index is 2.36. The minimum Gasteiger partial charge on any atom is -0.397 e. The number of nitrogen functional groups attached to an aromatic ring is 1. The van der Waals surface area contributed by atoms with Crippen LogP contribution in [0.1, 0.15) is 10.4 Å². The van der Waals surface area contributed by atoms with Crippen molar-refractivity contribution in [3.8, 4) is 0 Å². The van der Waals surface area contributed by atoms with Gasteiger partial charge < -0.3 is 16.8 Å². The van der Waals surface area contributed by atoms with E-state index in [9.17, 15) is 9.18 Å². The van der Waals surface area contributed by atoms with Gasteiger partial charge in [-0.3, -0.25) is 4.79 Å². The molecule has 0 spiro atoms. The van der Waals surface area contributed by atoms with Crippen molar-refractivity contribution in [1.82, 2.24) is 4.98 Å². The first-order chi connectivity index (χ1) is 8.99. The molecule has 5 N–H and O–H groups in total. The number of hydrogen-bond donors (Lipinski definition) is 3. The van der Waals surface area contributed by atoms with Crippen LogP contribution in [0.5, 0.6) is 0 Å². The molecule has 19 heavy (non-hydrogen) atoms. The number of halogens is 2. The summed E-state index contributed by atoms with van der Waals surface area (Å²) < 4.78 is 13.8. The molecule has 1 amide bonds. The van der Waals surface area contributed by atoms with Crippen LogP contribution in [-0.4, -0.2) is 10.9 Å². The number of aromatic nitrogens is 1. The standard InChI is InChI=1S/C12H10FIN4O/c13-7-2-1-3-9(11(7)14)18-10-4-6(12(16)19)8(15)5-17-10/h1-5H,15H2,(H2,16,19)(H,17,18). The maximum Gasteiger partial charge on any atom is 0.250 e. The Labute approximate surface area is 122 Å². The van der Waals surface area contributed by atoms with Gasteiger partial charge in [0.2, 0.25) is 0 Å². The quantitative estimate of drug-likeness (QED) is 0.721. The van der Waals surface area contributed by atoms with Gasteiger partial charge in [-0.15, -0.1) is 0 Å². The lowest BCUT2D eigenvalue weighted by Gasteiger charge is -2.10. The number of nitrogens with zero attached hydrogens (tertiary/aromatic N) is 1. The molecule has 0 aliphatic heterocycles.